The normalized spacial score (nSPS) is 17.0. The molecule has 11 heteroatoms. The zero-order valence-corrected chi connectivity index (χ0v) is 21.3. The van der Waals surface area contributed by atoms with Gasteiger partial charge in [0, 0.05) is 23.7 Å². The molecule has 1 fully saturated rings. The predicted octanol–water partition coefficient (Wildman–Crippen LogP) is 4.61. The first kappa shape index (κ1) is 28.4. The van der Waals surface area contributed by atoms with Crippen molar-refractivity contribution in [2.45, 2.75) is 44.0 Å². The third-order valence-corrected chi connectivity index (χ3v) is 6.67. The van der Waals surface area contributed by atoms with Gasteiger partial charge >= 0.3 is 6.36 Å². The first-order valence-electron chi connectivity index (χ1n) is 12.2. The van der Waals surface area contributed by atoms with E-state index < -0.39 is 30.4 Å². The highest BCUT2D eigenvalue weighted by Gasteiger charge is 2.38. The summed E-state index contributed by atoms with van der Waals surface area (Å²) in [5, 5.41) is 23.8. The monoisotopic (exact) mass is 562 g/mol. The Balaban J connectivity index is 1.36. The Kier molecular flexibility index (Phi) is 8.79. The van der Waals surface area contributed by atoms with Crippen LogP contribution >= 0.6 is 11.6 Å². The van der Waals surface area contributed by atoms with Crippen LogP contribution in [0.4, 0.5) is 13.2 Å². The van der Waals surface area contributed by atoms with Crippen LogP contribution in [-0.2, 0) is 16.1 Å². The van der Waals surface area contributed by atoms with Crippen molar-refractivity contribution in [2.75, 3.05) is 6.54 Å². The van der Waals surface area contributed by atoms with Crippen LogP contribution < -0.4 is 10.1 Å². The number of nitrogens with zero attached hydrogens (tertiary/aromatic N) is 1. The Labute approximate surface area is 227 Å². The molecule has 39 heavy (non-hydrogen) atoms. The summed E-state index contributed by atoms with van der Waals surface area (Å²) in [6.07, 6.45) is -7.44. The van der Waals surface area contributed by atoms with E-state index in [4.69, 9.17) is 11.6 Å². The molecule has 1 saturated heterocycles. The number of rotatable bonds is 8. The average molecular weight is 563 g/mol. The topological polar surface area (TPSA) is 99.1 Å². The minimum Gasteiger partial charge on any atom is -0.405 e. The summed E-state index contributed by atoms with van der Waals surface area (Å²) in [5.74, 6) is -2.05. The van der Waals surface area contributed by atoms with Crippen molar-refractivity contribution in [3.63, 3.8) is 0 Å². The number of alkyl halides is 3. The number of hydrogen-bond donors (Lipinski definition) is 3. The highest BCUT2D eigenvalue weighted by atomic mass is 35.5. The van der Waals surface area contributed by atoms with E-state index in [9.17, 15) is 33.0 Å². The molecule has 0 spiro atoms. The van der Waals surface area contributed by atoms with Gasteiger partial charge in [-0.25, -0.2) is 0 Å². The van der Waals surface area contributed by atoms with Crippen LogP contribution in [0.3, 0.4) is 0 Å². The van der Waals surface area contributed by atoms with Crippen LogP contribution in [0.2, 0.25) is 5.02 Å². The molecule has 0 aliphatic carbocycles. The molecule has 0 unspecified atom stereocenters. The number of amides is 2. The molecular formula is C28H26ClF3N2O5. The quantitative estimate of drug-likeness (QED) is 0.372. The fraction of sp³-hybridized carbons (Fsp3) is 0.286. The van der Waals surface area contributed by atoms with Crippen molar-refractivity contribution >= 4 is 23.4 Å². The number of halogens is 4. The third-order valence-electron chi connectivity index (χ3n) is 6.43. The van der Waals surface area contributed by atoms with E-state index in [-0.39, 0.29) is 23.9 Å². The van der Waals surface area contributed by atoms with Gasteiger partial charge in [-0.15, -0.1) is 13.2 Å². The number of aliphatic hydroxyl groups is 2. The molecule has 206 valence electrons. The molecule has 3 aromatic rings. The minimum atomic E-state index is -4.84. The molecule has 3 aromatic carbocycles. The van der Waals surface area contributed by atoms with Crippen molar-refractivity contribution in [1.29, 1.82) is 0 Å². The van der Waals surface area contributed by atoms with Gasteiger partial charge in [-0.05, 0) is 47.7 Å². The molecule has 1 heterocycles. The number of hydrogen-bond acceptors (Lipinski definition) is 5. The van der Waals surface area contributed by atoms with Gasteiger partial charge in [0.15, 0.2) is 12.2 Å². The van der Waals surface area contributed by atoms with Gasteiger partial charge in [0.1, 0.15) is 5.75 Å². The lowest BCUT2D eigenvalue weighted by Gasteiger charge is -2.28. The second kappa shape index (κ2) is 12.1. The van der Waals surface area contributed by atoms with Gasteiger partial charge in [0.05, 0.1) is 6.04 Å². The maximum Gasteiger partial charge on any atom is 0.573 e. The Morgan fingerprint density at radius 3 is 2.44 bits per heavy atom. The number of carbonyl (C=O) groups is 2. The summed E-state index contributed by atoms with van der Waals surface area (Å²) < 4.78 is 42.3. The van der Waals surface area contributed by atoms with Gasteiger partial charge in [0.25, 0.3) is 11.8 Å². The number of nitrogens with one attached hydrogen (secondary N) is 1. The molecule has 0 saturated carbocycles. The summed E-state index contributed by atoms with van der Waals surface area (Å²) in [6.45, 7) is 0.317. The van der Waals surface area contributed by atoms with E-state index in [1.165, 1.54) is 23.1 Å². The molecule has 0 aromatic heterocycles. The molecule has 3 N–H and O–H groups in total. The second-order valence-corrected chi connectivity index (χ2v) is 9.53. The number of benzene rings is 3. The molecule has 1 aliphatic heterocycles. The summed E-state index contributed by atoms with van der Waals surface area (Å²) in [5.41, 5.74) is 2.08. The Morgan fingerprint density at radius 1 is 1.03 bits per heavy atom. The number of likely N-dealkylation sites (tertiary alicyclic amines) is 1. The average Bonchev–Trinajstić information content (AvgIpc) is 3.40. The molecule has 0 radical (unpaired) electrons. The standard InChI is InChI=1S/C28H26ClF3N2O5/c29-20-6-3-5-19(15-20)22-8-4-14-34(22)27(38)25(36)24(35)26(37)33-16-17-10-12-18(13-11-17)21-7-1-2-9-23(21)39-28(30,31)32/h1-3,5-7,9-13,15,22,24-25,35-36H,4,8,14,16H2,(H,33,37)/t22-,24-,25-/m1/s1. The lowest BCUT2D eigenvalue weighted by atomic mass is 10.0. The fourth-order valence-corrected chi connectivity index (χ4v) is 4.75. The number of ether oxygens (including phenoxy) is 1. The van der Waals surface area contributed by atoms with Crippen LogP contribution in [-0.4, -0.2) is 52.0 Å². The van der Waals surface area contributed by atoms with E-state index in [1.807, 2.05) is 6.07 Å². The Bertz CT molecular complexity index is 1320. The van der Waals surface area contributed by atoms with Gasteiger partial charge in [-0.3, -0.25) is 9.59 Å². The lowest BCUT2D eigenvalue weighted by molar-refractivity contribution is -0.274. The van der Waals surface area contributed by atoms with E-state index in [1.54, 1.807) is 48.5 Å². The Hall–Kier alpha value is -3.60. The minimum absolute atomic E-state index is 0.0490. The number of para-hydroxylation sites is 1. The van der Waals surface area contributed by atoms with Gasteiger partial charge in [0.2, 0.25) is 0 Å². The van der Waals surface area contributed by atoms with Crippen molar-refractivity contribution in [2.24, 2.45) is 0 Å². The lowest BCUT2D eigenvalue weighted by Crippen LogP contribution is -2.50. The van der Waals surface area contributed by atoms with Crippen molar-refractivity contribution in [3.05, 3.63) is 88.9 Å². The van der Waals surface area contributed by atoms with Gasteiger partial charge < -0.3 is 25.2 Å². The van der Waals surface area contributed by atoms with Gasteiger partial charge in [-0.2, -0.15) is 0 Å². The molecule has 3 atom stereocenters. The largest absolute Gasteiger partial charge is 0.573 e. The van der Waals surface area contributed by atoms with Crippen molar-refractivity contribution < 1.29 is 37.7 Å². The highest BCUT2D eigenvalue weighted by molar-refractivity contribution is 6.30. The van der Waals surface area contributed by atoms with E-state index in [0.717, 1.165) is 5.56 Å². The summed E-state index contributed by atoms with van der Waals surface area (Å²) in [4.78, 5) is 26.9. The van der Waals surface area contributed by atoms with E-state index >= 15 is 0 Å². The molecule has 4 rings (SSSR count). The zero-order valence-electron chi connectivity index (χ0n) is 20.6. The molecule has 1 aliphatic rings. The van der Waals surface area contributed by atoms with E-state index in [0.29, 0.717) is 35.5 Å². The summed E-state index contributed by atoms with van der Waals surface area (Å²) in [7, 11) is 0. The van der Waals surface area contributed by atoms with Crippen molar-refractivity contribution in [3.8, 4) is 16.9 Å². The first-order chi connectivity index (χ1) is 18.5. The summed E-state index contributed by atoms with van der Waals surface area (Å²) >= 11 is 6.07. The highest BCUT2D eigenvalue weighted by Crippen LogP contribution is 2.35. The van der Waals surface area contributed by atoms with Crippen LogP contribution in [0.15, 0.2) is 72.8 Å². The molecule has 7 nitrogen and oxygen atoms in total. The van der Waals surface area contributed by atoms with Crippen molar-refractivity contribution in [1.82, 2.24) is 10.2 Å². The third kappa shape index (κ3) is 7.08. The molecule has 2 amide bonds. The maximum absolute atomic E-state index is 12.9. The summed E-state index contributed by atoms with van der Waals surface area (Å²) in [6, 6.07) is 18.7. The maximum atomic E-state index is 12.9. The molecular weight excluding hydrogens is 537 g/mol. The van der Waals surface area contributed by atoms with Crippen LogP contribution in [0.25, 0.3) is 11.1 Å². The SMILES string of the molecule is O=C(NCc1ccc(-c2ccccc2OC(F)(F)F)cc1)[C@H](O)[C@@H](O)C(=O)N1CCC[C@@H]1c1cccc(Cl)c1. The first-order valence-corrected chi connectivity index (χ1v) is 12.5. The van der Waals surface area contributed by atoms with Crippen LogP contribution in [0, 0.1) is 0 Å². The fourth-order valence-electron chi connectivity index (χ4n) is 4.55. The Morgan fingerprint density at radius 2 is 1.74 bits per heavy atom. The smallest absolute Gasteiger partial charge is 0.405 e. The van der Waals surface area contributed by atoms with Crippen LogP contribution in [0.5, 0.6) is 5.75 Å². The van der Waals surface area contributed by atoms with Crippen LogP contribution in [0.1, 0.15) is 30.0 Å². The number of aliphatic hydroxyl groups excluding tert-OH is 2. The number of carbonyl (C=O) groups excluding carboxylic acids is 2. The van der Waals surface area contributed by atoms with E-state index in [2.05, 4.69) is 10.1 Å². The zero-order chi connectivity index (χ0) is 28.2. The van der Waals surface area contributed by atoms with Gasteiger partial charge in [-0.1, -0.05) is 66.2 Å². The second-order valence-electron chi connectivity index (χ2n) is 9.09. The molecule has 0 bridgehead atoms. The predicted molar refractivity (Wildman–Crippen MR) is 138 cm³/mol.